The van der Waals surface area contributed by atoms with Gasteiger partial charge in [-0.25, -0.2) is 9.48 Å². The van der Waals surface area contributed by atoms with E-state index in [2.05, 4.69) is 10.4 Å². The smallest absolute Gasteiger partial charge is 0.338 e. The first-order chi connectivity index (χ1) is 14.7. The Kier molecular flexibility index (Phi) is 6.08. The summed E-state index contributed by atoms with van der Waals surface area (Å²) in [4.78, 5) is 24.5. The topological polar surface area (TPSA) is 82.5 Å². The van der Waals surface area contributed by atoms with Gasteiger partial charge in [-0.15, -0.1) is 0 Å². The minimum atomic E-state index is -0.569. The van der Waals surface area contributed by atoms with Crippen LogP contribution in [0.25, 0.3) is 0 Å². The maximum Gasteiger partial charge on any atom is 0.338 e. The molecule has 0 bridgehead atoms. The van der Waals surface area contributed by atoms with Gasteiger partial charge in [-0.05, 0) is 49.2 Å². The molecule has 3 aromatic rings. The summed E-state index contributed by atoms with van der Waals surface area (Å²) in [5.74, 6) is 0.982. The van der Waals surface area contributed by atoms with Gasteiger partial charge in [0, 0.05) is 6.07 Å². The number of ether oxygens (including phenoxy) is 2. The first-order valence-electron chi connectivity index (χ1n) is 10.0. The number of nitrogens with one attached hydrogen (secondary N) is 1. The zero-order valence-electron chi connectivity index (χ0n) is 16.5. The number of anilines is 1. The third-order valence-corrected chi connectivity index (χ3v) is 5.01. The number of benzene rings is 2. The van der Waals surface area contributed by atoms with Crippen LogP contribution in [-0.4, -0.2) is 28.3 Å². The van der Waals surface area contributed by atoms with Crippen molar-refractivity contribution in [2.45, 2.75) is 31.7 Å². The normalized spacial score (nSPS) is 13.7. The Morgan fingerprint density at radius 1 is 0.967 bits per heavy atom. The number of para-hydroxylation sites is 1. The maximum atomic E-state index is 12.2. The molecule has 0 saturated heterocycles. The molecule has 0 atom stereocenters. The van der Waals surface area contributed by atoms with Crippen molar-refractivity contribution in [2.75, 3.05) is 11.9 Å². The maximum absolute atomic E-state index is 12.2. The summed E-state index contributed by atoms with van der Waals surface area (Å²) in [6, 6.07) is 18.0. The van der Waals surface area contributed by atoms with E-state index in [1.165, 1.54) is 12.8 Å². The molecule has 1 amide bonds. The number of rotatable bonds is 7. The lowest BCUT2D eigenvalue weighted by molar-refractivity contribution is -0.119. The molecule has 0 spiro atoms. The van der Waals surface area contributed by atoms with Crippen LogP contribution in [0, 0.1) is 0 Å². The van der Waals surface area contributed by atoms with E-state index in [0.29, 0.717) is 28.9 Å². The van der Waals surface area contributed by atoms with E-state index in [9.17, 15) is 9.59 Å². The van der Waals surface area contributed by atoms with Gasteiger partial charge in [0.15, 0.2) is 6.61 Å². The summed E-state index contributed by atoms with van der Waals surface area (Å²) in [6.45, 7) is -0.364. The summed E-state index contributed by atoms with van der Waals surface area (Å²) in [7, 11) is 0. The second kappa shape index (κ2) is 9.26. The third kappa shape index (κ3) is 4.86. The Morgan fingerprint density at radius 3 is 2.40 bits per heavy atom. The van der Waals surface area contributed by atoms with Crippen LogP contribution in [0.5, 0.6) is 11.5 Å². The van der Waals surface area contributed by atoms with Crippen LogP contribution in [0.15, 0.2) is 66.9 Å². The Bertz CT molecular complexity index is 993. The summed E-state index contributed by atoms with van der Waals surface area (Å²) in [6.07, 6.45) is 6.13. The van der Waals surface area contributed by atoms with Gasteiger partial charge in [-0.1, -0.05) is 31.0 Å². The molecule has 1 N–H and O–H groups in total. The van der Waals surface area contributed by atoms with Crippen LogP contribution in [0.1, 0.15) is 42.1 Å². The van der Waals surface area contributed by atoms with Gasteiger partial charge in [0.05, 0.1) is 17.8 Å². The van der Waals surface area contributed by atoms with Crippen molar-refractivity contribution in [3.63, 3.8) is 0 Å². The predicted octanol–water partition coefficient (Wildman–Crippen LogP) is 4.59. The number of hydrogen-bond donors (Lipinski definition) is 1. The molecular weight excluding hydrogens is 382 g/mol. The van der Waals surface area contributed by atoms with E-state index >= 15 is 0 Å². The standard InChI is InChI=1S/C23H23N3O4/c27-22(25-21-14-15-24-26(21)18-6-4-5-7-18)16-29-23(28)17-10-12-20(13-11-17)30-19-8-2-1-3-9-19/h1-3,8-15,18H,4-7,16H2,(H,25,27). The molecule has 1 fully saturated rings. The van der Waals surface area contributed by atoms with Crippen LogP contribution < -0.4 is 10.1 Å². The van der Waals surface area contributed by atoms with Crippen molar-refractivity contribution in [3.05, 3.63) is 72.4 Å². The zero-order valence-corrected chi connectivity index (χ0v) is 16.5. The first-order valence-corrected chi connectivity index (χ1v) is 10.0. The largest absolute Gasteiger partial charge is 0.457 e. The summed E-state index contributed by atoms with van der Waals surface area (Å²) in [5.41, 5.74) is 0.346. The molecule has 1 aliphatic carbocycles. The third-order valence-electron chi connectivity index (χ3n) is 5.01. The van der Waals surface area contributed by atoms with Gasteiger partial charge in [0.25, 0.3) is 5.91 Å². The molecule has 154 valence electrons. The second-order valence-corrected chi connectivity index (χ2v) is 7.16. The van der Waals surface area contributed by atoms with Gasteiger partial charge in [0.2, 0.25) is 0 Å². The fourth-order valence-electron chi connectivity index (χ4n) is 3.53. The molecule has 1 aliphatic rings. The van der Waals surface area contributed by atoms with Crippen LogP contribution in [-0.2, 0) is 9.53 Å². The Hall–Kier alpha value is -3.61. The number of carbonyl (C=O) groups excluding carboxylic acids is 2. The van der Waals surface area contributed by atoms with Gasteiger partial charge < -0.3 is 14.8 Å². The SMILES string of the molecule is O=C(COC(=O)c1ccc(Oc2ccccc2)cc1)Nc1ccnn1C1CCCC1. The quantitative estimate of drug-likeness (QED) is 0.582. The molecule has 0 unspecified atom stereocenters. The van der Waals surface area contributed by atoms with Crippen molar-refractivity contribution in [1.82, 2.24) is 9.78 Å². The van der Waals surface area contributed by atoms with E-state index in [4.69, 9.17) is 9.47 Å². The van der Waals surface area contributed by atoms with Crippen LogP contribution >= 0.6 is 0 Å². The molecule has 30 heavy (non-hydrogen) atoms. The van der Waals surface area contributed by atoms with Crippen LogP contribution in [0.4, 0.5) is 5.82 Å². The van der Waals surface area contributed by atoms with E-state index in [-0.39, 0.29) is 6.61 Å². The lowest BCUT2D eigenvalue weighted by atomic mass is 10.2. The number of hydrogen-bond acceptors (Lipinski definition) is 5. The van der Waals surface area contributed by atoms with Crippen molar-refractivity contribution < 1.29 is 19.1 Å². The zero-order chi connectivity index (χ0) is 20.8. The number of nitrogens with zero attached hydrogens (tertiary/aromatic N) is 2. The van der Waals surface area contributed by atoms with Crippen LogP contribution in [0.2, 0.25) is 0 Å². The van der Waals surface area contributed by atoms with Gasteiger partial charge >= 0.3 is 5.97 Å². The van der Waals surface area contributed by atoms with Crippen molar-refractivity contribution in [1.29, 1.82) is 0 Å². The highest BCUT2D eigenvalue weighted by molar-refractivity contribution is 5.95. The number of carbonyl (C=O) groups is 2. The van der Waals surface area contributed by atoms with E-state index in [0.717, 1.165) is 12.8 Å². The van der Waals surface area contributed by atoms with Crippen molar-refractivity contribution in [3.8, 4) is 11.5 Å². The lowest BCUT2D eigenvalue weighted by Gasteiger charge is -2.14. The summed E-state index contributed by atoms with van der Waals surface area (Å²) in [5, 5.41) is 7.09. The Morgan fingerprint density at radius 2 is 1.67 bits per heavy atom. The highest BCUT2D eigenvalue weighted by atomic mass is 16.5. The number of amides is 1. The minimum absolute atomic E-state index is 0.314. The Labute approximate surface area is 174 Å². The highest BCUT2D eigenvalue weighted by Gasteiger charge is 2.20. The molecule has 0 aliphatic heterocycles. The average molecular weight is 405 g/mol. The number of aromatic nitrogens is 2. The van der Waals surface area contributed by atoms with Crippen molar-refractivity contribution in [2.24, 2.45) is 0 Å². The molecule has 7 nitrogen and oxygen atoms in total. The Balaban J connectivity index is 1.28. The van der Waals surface area contributed by atoms with E-state index < -0.39 is 11.9 Å². The molecule has 1 heterocycles. The number of esters is 1. The molecule has 2 aromatic carbocycles. The highest BCUT2D eigenvalue weighted by Crippen LogP contribution is 2.31. The predicted molar refractivity (Wildman–Crippen MR) is 112 cm³/mol. The first kappa shape index (κ1) is 19.7. The second-order valence-electron chi connectivity index (χ2n) is 7.16. The summed E-state index contributed by atoms with van der Waals surface area (Å²) < 4.78 is 12.7. The monoisotopic (exact) mass is 405 g/mol. The lowest BCUT2D eigenvalue weighted by Crippen LogP contribution is -2.23. The van der Waals surface area contributed by atoms with Crippen LogP contribution in [0.3, 0.4) is 0 Å². The van der Waals surface area contributed by atoms with E-state index in [1.54, 1.807) is 36.5 Å². The minimum Gasteiger partial charge on any atom is -0.457 e. The van der Waals surface area contributed by atoms with Gasteiger partial charge in [0.1, 0.15) is 17.3 Å². The average Bonchev–Trinajstić information content (AvgIpc) is 3.45. The van der Waals surface area contributed by atoms with Gasteiger partial charge in [-0.3, -0.25) is 4.79 Å². The summed E-state index contributed by atoms with van der Waals surface area (Å²) >= 11 is 0. The van der Waals surface area contributed by atoms with Gasteiger partial charge in [-0.2, -0.15) is 5.10 Å². The fourth-order valence-corrected chi connectivity index (χ4v) is 3.53. The molecule has 4 rings (SSSR count). The molecule has 7 heteroatoms. The fraction of sp³-hybridized carbons (Fsp3) is 0.261. The van der Waals surface area contributed by atoms with E-state index in [1.807, 2.05) is 35.0 Å². The molecule has 1 aromatic heterocycles. The molecule has 1 saturated carbocycles. The van der Waals surface area contributed by atoms with Crippen molar-refractivity contribution >= 4 is 17.7 Å². The molecule has 0 radical (unpaired) electrons. The molecular formula is C23H23N3O4.